The molecule has 0 radical (unpaired) electrons. The average molecular weight is 298 g/mol. The SMILES string of the molecule is NCc1cccc(OCCCN2CCS(=O)(=O)CC2)c1. The lowest BCUT2D eigenvalue weighted by molar-refractivity contribution is 0.245. The molecule has 5 nitrogen and oxygen atoms in total. The van der Waals surface area contributed by atoms with Crippen LogP contribution in [0.15, 0.2) is 24.3 Å². The standard InChI is InChI=1S/C14H22N2O3S/c15-12-13-3-1-4-14(11-13)19-8-2-5-16-6-9-20(17,18)10-7-16/h1,3-4,11H,2,5-10,12,15H2. The Hall–Kier alpha value is -1.11. The zero-order valence-corrected chi connectivity index (χ0v) is 12.4. The van der Waals surface area contributed by atoms with E-state index in [4.69, 9.17) is 10.5 Å². The fraction of sp³-hybridized carbons (Fsp3) is 0.571. The van der Waals surface area contributed by atoms with Gasteiger partial charge in [0.15, 0.2) is 9.84 Å². The van der Waals surface area contributed by atoms with Crippen LogP contribution in [0.3, 0.4) is 0 Å². The van der Waals surface area contributed by atoms with Crippen molar-refractivity contribution in [2.45, 2.75) is 13.0 Å². The highest BCUT2D eigenvalue weighted by Crippen LogP contribution is 2.13. The summed E-state index contributed by atoms with van der Waals surface area (Å²) in [6.45, 7) is 3.32. The van der Waals surface area contributed by atoms with Crippen LogP contribution in [0.5, 0.6) is 5.75 Å². The van der Waals surface area contributed by atoms with E-state index >= 15 is 0 Å². The summed E-state index contributed by atoms with van der Waals surface area (Å²) in [4.78, 5) is 2.18. The molecule has 1 saturated heterocycles. The molecule has 0 unspecified atom stereocenters. The summed E-state index contributed by atoms with van der Waals surface area (Å²) in [6, 6.07) is 7.79. The van der Waals surface area contributed by atoms with Crippen molar-refractivity contribution in [3.63, 3.8) is 0 Å². The van der Waals surface area contributed by atoms with E-state index in [9.17, 15) is 8.42 Å². The predicted molar refractivity (Wildman–Crippen MR) is 79.5 cm³/mol. The highest BCUT2D eigenvalue weighted by atomic mass is 32.2. The van der Waals surface area contributed by atoms with Gasteiger partial charge in [0.05, 0.1) is 18.1 Å². The quantitative estimate of drug-likeness (QED) is 0.781. The first-order valence-corrected chi connectivity index (χ1v) is 8.76. The molecular weight excluding hydrogens is 276 g/mol. The lowest BCUT2D eigenvalue weighted by Gasteiger charge is -2.26. The van der Waals surface area contributed by atoms with Gasteiger partial charge in [-0.2, -0.15) is 0 Å². The number of nitrogens with two attached hydrogens (primary N) is 1. The second-order valence-corrected chi connectivity index (χ2v) is 7.35. The second-order valence-electron chi connectivity index (χ2n) is 5.05. The van der Waals surface area contributed by atoms with Gasteiger partial charge < -0.3 is 15.4 Å². The van der Waals surface area contributed by atoms with Crippen molar-refractivity contribution >= 4 is 9.84 Å². The van der Waals surface area contributed by atoms with Crippen LogP contribution in [0, 0.1) is 0 Å². The summed E-state index contributed by atoms with van der Waals surface area (Å²) in [5.41, 5.74) is 6.64. The van der Waals surface area contributed by atoms with Gasteiger partial charge in [0.2, 0.25) is 0 Å². The molecular formula is C14H22N2O3S. The number of hydrogen-bond donors (Lipinski definition) is 1. The Balaban J connectivity index is 1.66. The molecule has 0 atom stereocenters. The molecule has 20 heavy (non-hydrogen) atoms. The van der Waals surface area contributed by atoms with Crippen LogP contribution < -0.4 is 10.5 Å². The highest BCUT2D eigenvalue weighted by molar-refractivity contribution is 7.91. The Morgan fingerprint density at radius 1 is 1.25 bits per heavy atom. The highest BCUT2D eigenvalue weighted by Gasteiger charge is 2.20. The maximum absolute atomic E-state index is 11.3. The van der Waals surface area contributed by atoms with E-state index in [0.29, 0.717) is 26.2 Å². The average Bonchev–Trinajstić information content (AvgIpc) is 2.45. The molecule has 2 N–H and O–H groups in total. The van der Waals surface area contributed by atoms with Crippen LogP contribution in [0.25, 0.3) is 0 Å². The normalized spacial score (nSPS) is 18.9. The molecule has 1 aliphatic heterocycles. The van der Waals surface area contributed by atoms with Gasteiger partial charge in [-0.3, -0.25) is 0 Å². The van der Waals surface area contributed by atoms with Crippen LogP contribution in [0.1, 0.15) is 12.0 Å². The first-order valence-electron chi connectivity index (χ1n) is 6.94. The van der Waals surface area contributed by atoms with Crippen LogP contribution in [-0.4, -0.2) is 51.1 Å². The molecule has 1 aliphatic rings. The van der Waals surface area contributed by atoms with E-state index in [1.807, 2.05) is 24.3 Å². The van der Waals surface area contributed by atoms with Crippen molar-refractivity contribution < 1.29 is 13.2 Å². The molecule has 6 heteroatoms. The Morgan fingerprint density at radius 2 is 2.00 bits per heavy atom. The number of benzene rings is 1. The van der Waals surface area contributed by atoms with Gasteiger partial charge in [0.1, 0.15) is 5.75 Å². The molecule has 0 bridgehead atoms. The summed E-state index contributed by atoms with van der Waals surface area (Å²) in [6.07, 6.45) is 0.896. The number of rotatable bonds is 6. The molecule has 1 fully saturated rings. The fourth-order valence-electron chi connectivity index (χ4n) is 2.21. The van der Waals surface area contributed by atoms with Gasteiger partial charge in [0.25, 0.3) is 0 Å². The smallest absolute Gasteiger partial charge is 0.152 e. The predicted octanol–water partition coefficient (Wildman–Crippen LogP) is 0.645. The molecule has 1 aromatic rings. The molecule has 0 saturated carbocycles. The molecule has 0 amide bonds. The van der Waals surface area contributed by atoms with Gasteiger partial charge in [-0.1, -0.05) is 12.1 Å². The summed E-state index contributed by atoms with van der Waals surface area (Å²) >= 11 is 0. The van der Waals surface area contributed by atoms with Crippen LogP contribution >= 0.6 is 0 Å². The molecule has 0 spiro atoms. The van der Waals surface area contributed by atoms with Gasteiger partial charge in [0, 0.05) is 26.2 Å². The first kappa shape index (κ1) is 15.3. The lowest BCUT2D eigenvalue weighted by Crippen LogP contribution is -2.40. The van der Waals surface area contributed by atoms with Crippen LogP contribution in [0.4, 0.5) is 0 Å². The number of ether oxygens (including phenoxy) is 1. The van der Waals surface area contributed by atoms with Gasteiger partial charge in [-0.25, -0.2) is 8.42 Å². The van der Waals surface area contributed by atoms with Crippen molar-refractivity contribution in [2.75, 3.05) is 37.7 Å². The van der Waals surface area contributed by atoms with Crippen molar-refractivity contribution in [3.05, 3.63) is 29.8 Å². The summed E-state index contributed by atoms with van der Waals surface area (Å²) < 4.78 is 28.3. The summed E-state index contributed by atoms with van der Waals surface area (Å²) in [7, 11) is -2.78. The Labute approximate surface area is 120 Å². The number of sulfone groups is 1. The van der Waals surface area contributed by atoms with Gasteiger partial charge in [-0.15, -0.1) is 0 Å². The van der Waals surface area contributed by atoms with Crippen molar-refractivity contribution in [1.29, 1.82) is 0 Å². The largest absolute Gasteiger partial charge is 0.494 e. The molecule has 2 rings (SSSR count). The Bertz CT molecular complexity index is 517. The third-order valence-corrected chi connectivity index (χ3v) is 5.07. The molecule has 0 aliphatic carbocycles. The van der Waals surface area contributed by atoms with E-state index in [1.165, 1.54) is 0 Å². The zero-order chi connectivity index (χ0) is 14.4. The van der Waals surface area contributed by atoms with Crippen molar-refractivity contribution in [3.8, 4) is 5.75 Å². The summed E-state index contributed by atoms with van der Waals surface area (Å²) in [5, 5.41) is 0. The van der Waals surface area contributed by atoms with Crippen LogP contribution in [-0.2, 0) is 16.4 Å². The van der Waals surface area contributed by atoms with Gasteiger partial charge >= 0.3 is 0 Å². The van der Waals surface area contributed by atoms with E-state index in [0.717, 1.165) is 24.3 Å². The van der Waals surface area contributed by atoms with Crippen molar-refractivity contribution in [2.24, 2.45) is 5.73 Å². The minimum absolute atomic E-state index is 0.284. The topological polar surface area (TPSA) is 72.6 Å². The minimum Gasteiger partial charge on any atom is -0.494 e. The Morgan fingerprint density at radius 3 is 2.70 bits per heavy atom. The fourth-order valence-corrected chi connectivity index (χ4v) is 3.49. The summed E-state index contributed by atoms with van der Waals surface area (Å²) in [5.74, 6) is 1.41. The maximum atomic E-state index is 11.3. The second kappa shape index (κ2) is 7.06. The molecule has 112 valence electrons. The monoisotopic (exact) mass is 298 g/mol. The third kappa shape index (κ3) is 4.77. The molecule has 0 aromatic heterocycles. The lowest BCUT2D eigenvalue weighted by atomic mass is 10.2. The van der Waals surface area contributed by atoms with Crippen molar-refractivity contribution in [1.82, 2.24) is 4.90 Å². The number of nitrogens with zero attached hydrogens (tertiary/aromatic N) is 1. The zero-order valence-electron chi connectivity index (χ0n) is 11.6. The Kier molecular flexibility index (Phi) is 5.39. The van der Waals surface area contributed by atoms with E-state index in [-0.39, 0.29) is 11.5 Å². The van der Waals surface area contributed by atoms with Gasteiger partial charge in [-0.05, 0) is 24.1 Å². The van der Waals surface area contributed by atoms with E-state index < -0.39 is 9.84 Å². The number of hydrogen-bond acceptors (Lipinski definition) is 5. The maximum Gasteiger partial charge on any atom is 0.152 e. The van der Waals surface area contributed by atoms with E-state index in [2.05, 4.69) is 4.90 Å². The molecule has 1 heterocycles. The first-order chi connectivity index (χ1) is 9.59. The third-order valence-electron chi connectivity index (χ3n) is 3.46. The minimum atomic E-state index is -2.78. The van der Waals surface area contributed by atoms with Crippen LogP contribution in [0.2, 0.25) is 0 Å². The van der Waals surface area contributed by atoms with E-state index in [1.54, 1.807) is 0 Å². The molecule has 1 aromatic carbocycles.